The molecule has 0 fully saturated rings. The average Bonchev–Trinajstić information content (AvgIpc) is 3.27. The first-order valence-electron chi connectivity index (χ1n) is 10.3. The zero-order valence-electron chi connectivity index (χ0n) is 17.7. The number of allylic oxidation sites excluding steroid dienone is 1. The molecule has 2 amide bonds. The van der Waals surface area contributed by atoms with Crippen LogP contribution in [0.25, 0.3) is 16.7 Å². The Hall–Kier alpha value is -3.92. The third-order valence-corrected chi connectivity index (χ3v) is 5.82. The van der Waals surface area contributed by atoms with Crippen molar-refractivity contribution >= 4 is 40.3 Å². The van der Waals surface area contributed by atoms with Gasteiger partial charge in [-0.05, 0) is 24.3 Å². The largest absolute Gasteiger partial charge is 0.354 e. The van der Waals surface area contributed by atoms with Gasteiger partial charge in [-0.1, -0.05) is 48.2 Å². The highest BCUT2D eigenvalue weighted by Crippen LogP contribution is 2.21. The quantitative estimate of drug-likeness (QED) is 0.223. The summed E-state index contributed by atoms with van der Waals surface area (Å²) < 4.78 is 3.28. The Morgan fingerprint density at radius 2 is 1.73 bits per heavy atom. The lowest BCUT2D eigenvalue weighted by Gasteiger charge is -2.10. The lowest BCUT2D eigenvalue weighted by atomic mass is 10.2. The molecule has 0 saturated carbocycles. The number of hydrogen-bond acceptors (Lipinski definition) is 6. The summed E-state index contributed by atoms with van der Waals surface area (Å²) in [4.78, 5) is 37.2. The van der Waals surface area contributed by atoms with E-state index in [2.05, 4.69) is 27.4 Å². The summed E-state index contributed by atoms with van der Waals surface area (Å²) in [5, 5.41) is 15.0. The van der Waals surface area contributed by atoms with Crippen LogP contribution >= 0.6 is 11.8 Å². The van der Waals surface area contributed by atoms with Gasteiger partial charge in [0, 0.05) is 25.2 Å². The van der Waals surface area contributed by atoms with E-state index in [1.165, 1.54) is 16.3 Å². The summed E-state index contributed by atoms with van der Waals surface area (Å²) in [5.41, 5.74) is 1.08. The molecule has 0 unspecified atom stereocenters. The van der Waals surface area contributed by atoms with Crippen LogP contribution in [0.1, 0.15) is 10.4 Å². The number of nitrogens with zero attached hydrogens (tertiary/aromatic N) is 4. The second-order valence-corrected chi connectivity index (χ2v) is 8.04. The lowest BCUT2D eigenvalue weighted by Crippen LogP contribution is -2.35. The fourth-order valence-corrected chi connectivity index (χ4v) is 4.14. The maximum absolute atomic E-state index is 12.8. The number of benzene rings is 2. The number of amides is 2. The Balaban J connectivity index is 1.40. The Bertz CT molecular complexity index is 1380. The van der Waals surface area contributed by atoms with E-state index in [4.69, 9.17) is 0 Å². The number of fused-ring (bicyclic) bond motifs is 3. The summed E-state index contributed by atoms with van der Waals surface area (Å²) in [6.07, 6.45) is 1.63. The molecule has 0 aliphatic rings. The first kappa shape index (κ1) is 22.3. The van der Waals surface area contributed by atoms with Crippen molar-refractivity contribution in [2.45, 2.75) is 11.7 Å². The minimum absolute atomic E-state index is 0.113. The topological polar surface area (TPSA) is 110 Å². The van der Waals surface area contributed by atoms with Crippen LogP contribution in [-0.4, -0.2) is 49.8 Å². The number of carbonyl (C=O) groups excluding carboxylic acids is 2. The zero-order chi connectivity index (χ0) is 23.2. The van der Waals surface area contributed by atoms with Crippen molar-refractivity contribution in [3.05, 3.63) is 83.2 Å². The summed E-state index contributed by atoms with van der Waals surface area (Å²) >= 11 is 1.22. The molecule has 10 heteroatoms. The summed E-state index contributed by atoms with van der Waals surface area (Å²) in [7, 11) is 0. The molecule has 2 N–H and O–H groups in total. The number of carbonyl (C=O) groups is 2. The van der Waals surface area contributed by atoms with Crippen LogP contribution in [-0.2, 0) is 11.3 Å². The van der Waals surface area contributed by atoms with Crippen LogP contribution in [0.5, 0.6) is 0 Å². The predicted octanol–water partition coefficient (Wildman–Crippen LogP) is 1.87. The van der Waals surface area contributed by atoms with E-state index in [0.29, 0.717) is 47.0 Å². The molecule has 0 aliphatic carbocycles. The van der Waals surface area contributed by atoms with Gasteiger partial charge in [0.2, 0.25) is 11.7 Å². The SMILES string of the molecule is C=CCn1c(=O)c2ccccc2n2c(SCC(=O)NCCNC(=O)c3ccccc3)nnc12. The molecule has 4 aromatic rings. The molecule has 4 rings (SSSR count). The van der Waals surface area contributed by atoms with E-state index in [1.807, 2.05) is 18.2 Å². The lowest BCUT2D eigenvalue weighted by molar-refractivity contribution is -0.118. The molecule has 0 radical (unpaired) electrons. The maximum Gasteiger partial charge on any atom is 0.263 e. The summed E-state index contributed by atoms with van der Waals surface area (Å²) in [6.45, 7) is 4.63. The Morgan fingerprint density at radius 3 is 2.52 bits per heavy atom. The molecule has 2 aromatic heterocycles. The Labute approximate surface area is 193 Å². The van der Waals surface area contributed by atoms with Gasteiger partial charge in [0.15, 0.2) is 5.16 Å². The molecule has 33 heavy (non-hydrogen) atoms. The average molecular weight is 463 g/mol. The molecule has 0 atom stereocenters. The molecule has 0 bridgehead atoms. The van der Waals surface area contributed by atoms with Crippen LogP contribution in [0, 0.1) is 0 Å². The number of aromatic nitrogens is 4. The third kappa shape index (κ3) is 4.80. The van der Waals surface area contributed by atoms with Crippen molar-refractivity contribution in [3.63, 3.8) is 0 Å². The molecule has 9 nitrogen and oxygen atoms in total. The first-order valence-corrected chi connectivity index (χ1v) is 11.3. The van der Waals surface area contributed by atoms with E-state index in [-0.39, 0.29) is 23.1 Å². The normalized spacial score (nSPS) is 10.9. The van der Waals surface area contributed by atoms with Gasteiger partial charge in [-0.15, -0.1) is 16.8 Å². The highest BCUT2D eigenvalue weighted by atomic mass is 32.2. The fourth-order valence-electron chi connectivity index (χ4n) is 3.37. The van der Waals surface area contributed by atoms with E-state index >= 15 is 0 Å². The standard InChI is InChI=1S/C23H22N6O3S/c1-2-14-28-21(32)17-10-6-7-11-18(17)29-22(28)26-27-23(29)33-15-19(30)24-12-13-25-20(31)16-8-4-3-5-9-16/h2-11H,1,12-15H2,(H,24,30)(H,25,31). The molecule has 0 saturated heterocycles. The monoisotopic (exact) mass is 462 g/mol. The van der Waals surface area contributed by atoms with E-state index < -0.39 is 0 Å². The molecule has 168 valence electrons. The molecule has 0 aliphatic heterocycles. The van der Waals surface area contributed by atoms with Gasteiger partial charge < -0.3 is 10.6 Å². The predicted molar refractivity (Wildman–Crippen MR) is 127 cm³/mol. The van der Waals surface area contributed by atoms with Crippen LogP contribution in [0.4, 0.5) is 0 Å². The fraction of sp³-hybridized carbons (Fsp3) is 0.174. The number of para-hydroxylation sites is 1. The van der Waals surface area contributed by atoms with Crippen molar-refractivity contribution in [1.82, 2.24) is 29.8 Å². The van der Waals surface area contributed by atoms with Crippen LogP contribution in [0.2, 0.25) is 0 Å². The Kier molecular flexibility index (Phi) is 6.84. The maximum atomic E-state index is 12.8. The van der Waals surface area contributed by atoms with Gasteiger partial charge in [-0.2, -0.15) is 0 Å². The van der Waals surface area contributed by atoms with Gasteiger partial charge in [-0.25, -0.2) is 0 Å². The molecular formula is C23H22N6O3S. The van der Waals surface area contributed by atoms with Gasteiger partial charge in [-0.3, -0.25) is 23.4 Å². The van der Waals surface area contributed by atoms with Crippen molar-refractivity contribution in [1.29, 1.82) is 0 Å². The van der Waals surface area contributed by atoms with Crippen molar-refractivity contribution in [3.8, 4) is 0 Å². The van der Waals surface area contributed by atoms with E-state index in [1.54, 1.807) is 46.9 Å². The molecular weight excluding hydrogens is 440 g/mol. The van der Waals surface area contributed by atoms with E-state index in [0.717, 1.165) is 0 Å². The van der Waals surface area contributed by atoms with Crippen molar-refractivity contribution in [2.24, 2.45) is 0 Å². The number of rotatable bonds is 9. The number of nitrogens with one attached hydrogen (secondary N) is 2. The van der Waals surface area contributed by atoms with Gasteiger partial charge in [0.05, 0.1) is 16.7 Å². The number of thioether (sulfide) groups is 1. The minimum atomic E-state index is -0.200. The van der Waals surface area contributed by atoms with Gasteiger partial charge in [0.25, 0.3) is 11.5 Å². The Morgan fingerprint density at radius 1 is 1.00 bits per heavy atom. The van der Waals surface area contributed by atoms with Crippen LogP contribution < -0.4 is 16.2 Å². The van der Waals surface area contributed by atoms with Gasteiger partial charge in [0.1, 0.15) is 0 Å². The molecule has 2 heterocycles. The van der Waals surface area contributed by atoms with Crippen LogP contribution in [0.3, 0.4) is 0 Å². The second-order valence-electron chi connectivity index (χ2n) is 7.10. The molecule has 0 spiro atoms. The van der Waals surface area contributed by atoms with Crippen molar-refractivity contribution < 1.29 is 9.59 Å². The smallest absolute Gasteiger partial charge is 0.263 e. The minimum Gasteiger partial charge on any atom is -0.354 e. The first-order chi connectivity index (χ1) is 16.1. The molecule has 2 aromatic carbocycles. The van der Waals surface area contributed by atoms with Gasteiger partial charge >= 0.3 is 0 Å². The zero-order valence-corrected chi connectivity index (χ0v) is 18.5. The highest BCUT2D eigenvalue weighted by molar-refractivity contribution is 7.99. The van der Waals surface area contributed by atoms with E-state index in [9.17, 15) is 14.4 Å². The highest BCUT2D eigenvalue weighted by Gasteiger charge is 2.17. The summed E-state index contributed by atoms with van der Waals surface area (Å²) in [5.74, 6) is 0.119. The summed E-state index contributed by atoms with van der Waals surface area (Å²) in [6, 6.07) is 16.1. The van der Waals surface area contributed by atoms with Crippen molar-refractivity contribution in [2.75, 3.05) is 18.8 Å². The second kappa shape index (κ2) is 10.1. The van der Waals surface area contributed by atoms with Crippen LogP contribution in [0.15, 0.2) is 77.2 Å². The third-order valence-electron chi connectivity index (χ3n) is 4.89. The number of hydrogen-bond donors (Lipinski definition) is 2.